The average Bonchev–Trinajstić information content (AvgIpc) is 3.36. The molecule has 0 atom stereocenters. The van der Waals surface area contributed by atoms with E-state index in [0.717, 1.165) is 22.5 Å². The van der Waals surface area contributed by atoms with Gasteiger partial charge in [-0.15, -0.1) is 5.10 Å². The van der Waals surface area contributed by atoms with Crippen LogP contribution in [0.1, 0.15) is 11.4 Å². The second kappa shape index (κ2) is 6.90. The Morgan fingerprint density at radius 3 is 2.66 bits per heavy atom. The molecule has 0 N–H and O–H groups in total. The highest BCUT2D eigenvalue weighted by Gasteiger charge is 2.14. The SMILES string of the molecule is COc1cccc(OCc2nc3c4cnn(-c5ccc(C)cc5)c4ncn3n2)c1. The van der Waals surface area contributed by atoms with E-state index in [1.54, 1.807) is 28.8 Å². The molecule has 0 radical (unpaired) electrons. The second-order valence-corrected chi connectivity index (χ2v) is 6.64. The molecule has 5 aromatic rings. The van der Waals surface area contributed by atoms with Gasteiger partial charge in [0.25, 0.3) is 0 Å². The molecule has 144 valence electrons. The van der Waals surface area contributed by atoms with Crippen LogP contribution < -0.4 is 9.47 Å². The summed E-state index contributed by atoms with van der Waals surface area (Å²) in [4.78, 5) is 9.15. The van der Waals surface area contributed by atoms with Crippen molar-refractivity contribution in [3.05, 3.63) is 72.4 Å². The number of hydrogen-bond donors (Lipinski definition) is 0. The van der Waals surface area contributed by atoms with Gasteiger partial charge >= 0.3 is 0 Å². The maximum Gasteiger partial charge on any atom is 0.189 e. The first-order chi connectivity index (χ1) is 14.2. The fourth-order valence-corrected chi connectivity index (χ4v) is 3.14. The summed E-state index contributed by atoms with van der Waals surface area (Å²) in [6.07, 6.45) is 3.41. The monoisotopic (exact) mass is 386 g/mol. The molecule has 3 aromatic heterocycles. The highest BCUT2D eigenvalue weighted by atomic mass is 16.5. The van der Waals surface area contributed by atoms with Gasteiger partial charge in [-0.1, -0.05) is 23.8 Å². The quantitative estimate of drug-likeness (QED) is 0.461. The molecule has 0 amide bonds. The number of aryl methyl sites for hydroxylation is 1. The first-order valence-corrected chi connectivity index (χ1v) is 9.13. The molecule has 8 nitrogen and oxygen atoms in total. The minimum Gasteiger partial charge on any atom is -0.497 e. The summed E-state index contributed by atoms with van der Waals surface area (Å²) >= 11 is 0. The fourth-order valence-electron chi connectivity index (χ4n) is 3.14. The van der Waals surface area contributed by atoms with E-state index in [1.807, 2.05) is 48.5 Å². The second-order valence-electron chi connectivity index (χ2n) is 6.64. The number of hydrogen-bond acceptors (Lipinski definition) is 6. The van der Waals surface area contributed by atoms with Gasteiger partial charge in [-0.05, 0) is 31.2 Å². The fraction of sp³-hybridized carbons (Fsp3) is 0.143. The molecular formula is C21H18N6O2. The lowest BCUT2D eigenvalue weighted by Crippen LogP contribution is -1.99. The number of benzene rings is 2. The Labute approximate surface area is 166 Å². The molecule has 8 heteroatoms. The van der Waals surface area contributed by atoms with E-state index in [-0.39, 0.29) is 6.61 Å². The number of aromatic nitrogens is 6. The summed E-state index contributed by atoms with van der Waals surface area (Å²) < 4.78 is 14.5. The average molecular weight is 386 g/mol. The van der Waals surface area contributed by atoms with Gasteiger partial charge in [0, 0.05) is 6.07 Å². The Kier molecular flexibility index (Phi) is 4.09. The van der Waals surface area contributed by atoms with Gasteiger partial charge in [-0.2, -0.15) is 5.10 Å². The number of fused-ring (bicyclic) bond motifs is 3. The van der Waals surface area contributed by atoms with Crippen molar-refractivity contribution in [3.63, 3.8) is 0 Å². The van der Waals surface area contributed by atoms with Crippen LogP contribution in [0.2, 0.25) is 0 Å². The minimum absolute atomic E-state index is 0.239. The van der Waals surface area contributed by atoms with Crippen molar-refractivity contribution in [1.29, 1.82) is 0 Å². The van der Waals surface area contributed by atoms with Gasteiger partial charge in [0.15, 0.2) is 17.1 Å². The molecule has 0 aliphatic carbocycles. The lowest BCUT2D eigenvalue weighted by Gasteiger charge is -2.05. The molecule has 0 fully saturated rings. The summed E-state index contributed by atoms with van der Waals surface area (Å²) in [5.41, 5.74) is 3.56. The molecule has 0 aliphatic rings. The standard InChI is InChI=1S/C21H18N6O2/c1-14-6-8-15(9-7-14)27-20-18(11-23-27)21-24-19(25-26(21)13-22-20)12-29-17-5-3-4-16(10-17)28-2/h3-11,13H,12H2,1-2H3. The van der Waals surface area contributed by atoms with Crippen molar-refractivity contribution in [1.82, 2.24) is 29.4 Å². The third kappa shape index (κ3) is 3.14. The van der Waals surface area contributed by atoms with Gasteiger partial charge in [0.2, 0.25) is 0 Å². The normalized spacial score (nSPS) is 11.2. The van der Waals surface area contributed by atoms with Gasteiger partial charge in [-0.3, -0.25) is 0 Å². The summed E-state index contributed by atoms with van der Waals surface area (Å²) in [5.74, 6) is 1.99. The van der Waals surface area contributed by atoms with E-state index in [4.69, 9.17) is 9.47 Å². The number of rotatable bonds is 5. The first-order valence-electron chi connectivity index (χ1n) is 9.13. The third-order valence-corrected chi connectivity index (χ3v) is 4.64. The van der Waals surface area contributed by atoms with Gasteiger partial charge in [0.1, 0.15) is 24.4 Å². The number of ether oxygens (including phenoxy) is 2. The molecule has 0 saturated carbocycles. The maximum atomic E-state index is 5.80. The molecular weight excluding hydrogens is 368 g/mol. The largest absolute Gasteiger partial charge is 0.497 e. The van der Waals surface area contributed by atoms with Crippen LogP contribution >= 0.6 is 0 Å². The number of methoxy groups -OCH3 is 1. The lowest BCUT2D eigenvalue weighted by atomic mass is 10.2. The highest BCUT2D eigenvalue weighted by molar-refractivity contribution is 5.89. The molecule has 3 heterocycles. The zero-order chi connectivity index (χ0) is 19.8. The number of nitrogens with zero attached hydrogens (tertiary/aromatic N) is 6. The van der Waals surface area contributed by atoms with E-state index in [9.17, 15) is 0 Å². The summed E-state index contributed by atoms with van der Waals surface area (Å²) in [5, 5.41) is 9.79. The van der Waals surface area contributed by atoms with Crippen LogP contribution in [0.5, 0.6) is 11.5 Å². The topological polar surface area (TPSA) is 79.4 Å². The van der Waals surface area contributed by atoms with E-state index >= 15 is 0 Å². The van der Waals surface area contributed by atoms with Crippen molar-refractivity contribution in [2.75, 3.05) is 7.11 Å². The Bertz CT molecular complexity index is 1310. The van der Waals surface area contributed by atoms with Crippen LogP contribution in [-0.4, -0.2) is 36.5 Å². The molecule has 29 heavy (non-hydrogen) atoms. The summed E-state index contributed by atoms with van der Waals surface area (Å²) in [7, 11) is 1.62. The van der Waals surface area contributed by atoms with Crippen LogP contribution in [-0.2, 0) is 6.61 Å². The van der Waals surface area contributed by atoms with Crippen molar-refractivity contribution < 1.29 is 9.47 Å². The Morgan fingerprint density at radius 2 is 1.83 bits per heavy atom. The Balaban J connectivity index is 1.47. The van der Waals surface area contributed by atoms with E-state index < -0.39 is 0 Å². The molecule has 0 spiro atoms. The van der Waals surface area contributed by atoms with Crippen molar-refractivity contribution in [2.24, 2.45) is 0 Å². The van der Waals surface area contributed by atoms with Crippen LogP contribution in [0, 0.1) is 6.92 Å². The van der Waals surface area contributed by atoms with Gasteiger partial charge in [0.05, 0.1) is 24.4 Å². The Hall–Kier alpha value is -3.94. The zero-order valence-electron chi connectivity index (χ0n) is 16.0. The van der Waals surface area contributed by atoms with Crippen molar-refractivity contribution in [2.45, 2.75) is 13.5 Å². The zero-order valence-corrected chi connectivity index (χ0v) is 16.0. The highest BCUT2D eigenvalue weighted by Crippen LogP contribution is 2.22. The van der Waals surface area contributed by atoms with Crippen LogP contribution in [0.15, 0.2) is 61.1 Å². The molecule has 5 rings (SSSR count). The molecule has 0 saturated heterocycles. The predicted octanol–water partition coefficient (Wildman–Crippen LogP) is 3.36. The molecule has 0 unspecified atom stereocenters. The minimum atomic E-state index is 0.239. The van der Waals surface area contributed by atoms with Crippen LogP contribution in [0.3, 0.4) is 0 Å². The van der Waals surface area contributed by atoms with E-state index in [1.165, 1.54) is 5.56 Å². The van der Waals surface area contributed by atoms with E-state index in [2.05, 4.69) is 27.1 Å². The predicted molar refractivity (Wildman–Crippen MR) is 107 cm³/mol. The van der Waals surface area contributed by atoms with E-state index in [0.29, 0.717) is 17.2 Å². The van der Waals surface area contributed by atoms with Crippen molar-refractivity contribution >= 4 is 16.7 Å². The Morgan fingerprint density at radius 1 is 1.00 bits per heavy atom. The van der Waals surface area contributed by atoms with Gasteiger partial charge in [-0.25, -0.2) is 19.2 Å². The smallest absolute Gasteiger partial charge is 0.189 e. The molecule has 2 aromatic carbocycles. The van der Waals surface area contributed by atoms with Gasteiger partial charge < -0.3 is 9.47 Å². The van der Waals surface area contributed by atoms with Crippen LogP contribution in [0.25, 0.3) is 22.4 Å². The van der Waals surface area contributed by atoms with Crippen molar-refractivity contribution in [3.8, 4) is 17.2 Å². The maximum absolute atomic E-state index is 5.80. The summed E-state index contributed by atoms with van der Waals surface area (Å²) in [6, 6.07) is 15.6. The third-order valence-electron chi connectivity index (χ3n) is 4.64. The molecule has 0 aliphatic heterocycles. The van der Waals surface area contributed by atoms with Crippen LogP contribution in [0.4, 0.5) is 0 Å². The summed E-state index contributed by atoms with van der Waals surface area (Å²) in [6.45, 7) is 2.29. The molecule has 0 bridgehead atoms. The first kappa shape index (κ1) is 17.2. The lowest BCUT2D eigenvalue weighted by molar-refractivity contribution is 0.294.